The molecule has 0 aliphatic rings. The molecule has 0 aromatic carbocycles. The molecule has 2 aromatic heterocycles. The van der Waals surface area contributed by atoms with E-state index in [-0.39, 0.29) is 5.28 Å². The van der Waals surface area contributed by atoms with Crippen LogP contribution in [0.5, 0.6) is 0 Å². The molecule has 0 unspecified atom stereocenters. The lowest BCUT2D eigenvalue weighted by atomic mass is 10.7. The van der Waals surface area contributed by atoms with Gasteiger partial charge in [-0.25, -0.2) is 15.0 Å². The predicted octanol–water partition coefficient (Wildman–Crippen LogP) is 3.09. The normalized spacial score (nSPS) is 10.6. The molecule has 0 bridgehead atoms. The van der Waals surface area contributed by atoms with Gasteiger partial charge in [-0.3, -0.25) is 0 Å². The SMILES string of the molecule is Cc1nsc(Sc2nc(Cl)ncc2Cl)n1. The second-order valence-electron chi connectivity index (χ2n) is 2.50. The summed E-state index contributed by atoms with van der Waals surface area (Å²) in [7, 11) is 0. The van der Waals surface area contributed by atoms with E-state index < -0.39 is 0 Å². The summed E-state index contributed by atoms with van der Waals surface area (Å²) in [4.78, 5) is 11.9. The number of hydrogen-bond donors (Lipinski definition) is 0. The molecule has 78 valence electrons. The van der Waals surface area contributed by atoms with Gasteiger partial charge >= 0.3 is 0 Å². The third-order valence-corrected chi connectivity index (χ3v) is 3.79. The molecule has 15 heavy (non-hydrogen) atoms. The summed E-state index contributed by atoms with van der Waals surface area (Å²) in [6, 6.07) is 0. The van der Waals surface area contributed by atoms with Crippen LogP contribution in [0.25, 0.3) is 0 Å². The lowest BCUT2D eigenvalue weighted by molar-refractivity contribution is 1.04. The Kier molecular flexibility index (Phi) is 3.40. The Hall–Kier alpha value is -0.430. The molecular formula is C7H4Cl2N4S2. The molecule has 0 spiro atoms. The van der Waals surface area contributed by atoms with Gasteiger partial charge in [0, 0.05) is 0 Å². The first kappa shape index (κ1) is 11.1. The number of hydrogen-bond acceptors (Lipinski definition) is 6. The summed E-state index contributed by atoms with van der Waals surface area (Å²) in [5.74, 6) is 0.735. The summed E-state index contributed by atoms with van der Waals surface area (Å²) >= 11 is 14.2. The van der Waals surface area contributed by atoms with Gasteiger partial charge in [-0.1, -0.05) is 11.6 Å². The molecular weight excluding hydrogens is 275 g/mol. The second kappa shape index (κ2) is 4.61. The Morgan fingerprint density at radius 3 is 2.80 bits per heavy atom. The van der Waals surface area contributed by atoms with Crippen molar-refractivity contribution in [2.24, 2.45) is 0 Å². The van der Waals surface area contributed by atoms with E-state index in [0.717, 1.165) is 10.2 Å². The van der Waals surface area contributed by atoms with Crippen LogP contribution < -0.4 is 0 Å². The number of aryl methyl sites for hydroxylation is 1. The van der Waals surface area contributed by atoms with E-state index in [1.807, 2.05) is 6.92 Å². The highest BCUT2D eigenvalue weighted by Gasteiger charge is 2.09. The van der Waals surface area contributed by atoms with Crippen molar-refractivity contribution in [3.8, 4) is 0 Å². The maximum atomic E-state index is 5.90. The van der Waals surface area contributed by atoms with Crippen LogP contribution >= 0.6 is 46.5 Å². The standard InChI is InChI=1S/C7H4Cl2N4S2/c1-3-11-7(15-13-3)14-5-4(8)2-10-6(9)12-5/h2H,1H3. The van der Waals surface area contributed by atoms with E-state index in [0.29, 0.717) is 10.0 Å². The molecule has 0 aliphatic carbocycles. The minimum Gasteiger partial charge on any atom is -0.225 e. The van der Waals surface area contributed by atoms with Crippen molar-refractivity contribution in [3.05, 3.63) is 22.3 Å². The Bertz CT molecular complexity index is 488. The average Bonchev–Trinajstić information content (AvgIpc) is 2.58. The van der Waals surface area contributed by atoms with Gasteiger partial charge in [-0.15, -0.1) is 0 Å². The van der Waals surface area contributed by atoms with Crippen LogP contribution in [0, 0.1) is 6.92 Å². The molecule has 0 fully saturated rings. The van der Waals surface area contributed by atoms with Gasteiger partial charge in [0.1, 0.15) is 10.9 Å². The van der Waals surface area contributed by atoms with E-state index in [1.54, 1.807) is 0 Å². The van der Waals surface area contributed by atoms with Gasteiger partial charge in [0.25, 0.3) is 0 Å². The maximum Gasteiger partial charge on any atom is 0.223 e. The van der Waals surface area contributed by atoms with Gasteiger partial charge in [-0.05, 0) is 41.8 Å². The van der Waals surface area contributed by atoms with Crippen LogP contribution in [0.15, 0.2) is 15.6 Å². The van der Waals surface area contributed by atoms with Crippen LogP contribution in [0.3, 0.4) is 0 Å². The zero-order chi connectivity index (χ0) is 10.8. The molecule has 0 N–H and O–H groups in total. The number of aromatic nitrogens is 4. The lowest BCUT2D eigenvalue weighted by Crippen LogP contribution is -1.86. The van der Waals surface area contributed by atoms with Crippen molar-refractivity contribution in [3.63, 3.8) is 0 Å². The molecule has 0 atom stereocenters. The largest absolute Gasteiger partial charge is 0.225 e. The lowest BCUT2D eigenvalue weighted by Gasteiger charge is -1.98. The van der Waals surface area contributed by atoms with E-state index >= 15 is 0 Å². The van der Waals surface area contributed by atoms with Crippen LogP contribution in [0.1, 0.15) is 5.82 Å². The summed E-state index contributed by atoms with van der Waals surface area (Å²) in [5, 5.41) is 1.22. The first-order chi connectivity index (χ1) is 7.15. The quantitative estimate of drug-likeness (QED) is 0.624. The zero-order valence-electron chi connectivity index (χ0n) is 7.44. The highest BCUT2D eigenvalue weighted by atomic mass is 35.5. The Labute approximate surface area is 104 Å². The van der Waals surface area contributed by atoms with Gasteiger partial charge < -0.3 is 0 Å². The molecule has 2 rings (SSSR count). The number of halogens is 2. The highest BCUT2D eigenvalue weighted by molar-refractivity contribution is 8.01. The first-order valence-corrected chi connectivity index (χ1v) is 6.16. The number of rotatable bonds is 2. The van der Waals surface area contributed by atoms with Crippen molar-refractivity contribution in [1.29, 1.82) is 0 Å². The summed E-state index contributed by atoms with van der Waals surface area (Å²) in [5.41, 5.74) is 0. The van der Waals surface area contributed by atoms with Crippen molar-refractivity contribution in [2.75, 3.05) is 0 Å². The third kappa shape index (κ3) is 2.78. The molecule has 0 saturated carbocycles. The molecule has 8 heteroatoms. The Morgan fingerprint density at radius 2 is 2.13 bits per heavy atom. The van der Waals surface area contributed by atoms with Crippen molar-refractivity contribution >= 4 is 46.5 Å². The monoisotopic (exact) mass is 278 g/mol. The molecule has 0 saturated heterocycles. The molecule has 2 heterocycles. The average molecular weight is 279 g/mol. The minimum atomic E-state index is 0.170. The zero-order valence-corrected chi connectivity index (χ0v) is 10.6. The van der Waals surface area contributed by atoms with Crippen LogP contribution in [-0.2, 0) is 0 Å². The third-order valence-electron chi connectivity index (χ3n) is 1.38. The second-order valence-corrected chi connectivity index (χ2v) is 5.23. The van der Waals surface area contributed by atoms with E-state index in [1.165, 1.54) is 29.5 Å². The smallest absolute Gasteiger partial charge is 0.223 e. The molecule has 4 nitrogen and oxygen atoms in total. The van der Waals surface area contributed by atoms with Gasteiger partial charge in [0.2, 0.25) is 5.28 Å². The van der Waals surface area contributed by atoms with Crippen molar-refractivity contribution in [2.45, 2.75) is 16.3 Å². The minimum absolute atomic E-state index is 0.170. The fourth-order valence-corrected chi connectivity index (χ4v) is 2.74. The van der Waals surface area contributed by atoms with E-state index in [2.05, 4.69) is 19.3 Å². The fourth-order valence-electron chi connectivity index (χ4n) is 0.805. The van der Waals surface area contributed by atoms with Gasteiger partial charge in [0.05, 0.1) is 11.2 Å². The van der Waals surface area contributed by atoms with Crippen molar-refractivity contribution in [1.82, 2.24) is 19.3 Å². The van der Waals surface area contributed by atoms with E-state index in [4.69, 9.17) is 23.2 Å². The highest BCUT2D eigenvalue weighted by Crippen LogP contribution is 2.32. The summed E-state index contributed by atoms with van der Waals surface area (Å²) in [6.45, 7) is 1.83. The molecule has 2 aromatic rings. The Balaban J connectivity index is 2.27. The Morgan fingerprint density at radius 1 is 1.33 bits per heavy atom. The first-order valence-electron chi connectivity index (χ1n) is 3.81. The van der Waals surface area contributed by atoms with Crippen LogP contribution in [-0.4, -0.2) is 19.3 Å². The predicted molar refractivity (Wildman–Crippen MR) is 60.8 cm³/mol. The van der Waals surface area contributed by atoms with Gasteiger partial charge in [0.15, 0.2) is 4.34 Å². The van der Waals surface area contributed by atoms with Crippen molar-refractivity contribution < 1.29 is 0 Å². The van der Waals surface area contributed by atoms with Crippen LogP contribution in [0.4, 0.5) is 0 Å². The van der Waals surface area contributed by atoms with Crippen LogP contribution in [0.2, 0.25) is 10.3 Å². The maximum absolute atomic E-state index is 5.90. The van der Waals surface area contributed by atoms with E-state index in [9.17, 15) is 0 Å². The molecule has 0 radical (unpaired) electrons. The molecule has 0 aliphatic heterocycles. The number of nitrogens with zero attached hydrogens (tertiary/aromatic N) is 4. The fraction of sp³-hybridized carbons (Fsp3) is 0.143. The topological polar surface area (TPSA) is 51.6 Å². The summed E-state index contributed by atoms with van der Waals surface area (Å²) < 4.78 is 4.84. The molecule has 0 amide bonds. The summed E-state index contributed by atoms with van der Waals surface area (Å²) in [6.07, 6.45) is 1.47. The van der Waals surface area contributed by atoms with Gasteiger partial charge in [-0.2, -0.15) is 4.37 Å².